The summed E-state index contributed by atoms with van der Waals surface area (Å²) in [6, 6.07) is 11.4. The molecule has 0 radical (unpaired) electrons. The van der Waals surface area contributed by atoms with Gasteiger partial charge >= 0.3 is 5.97 Å². The first-order chi connectivity index (χ1) is 11.5. The van der Waals surface area contributed by atoms with Crippen LogP contribution in [0.1, 0.15) is 39.6 Å². The summed E-state index contributed by atoms with van der Waals surface area (Å²) in [5, 5.41) is 12.2. The number of nitrogens with one attached hydrogen (secondary N) is 1. The lowest BCUT2D eigenvalue weighted by Gasteiger charge is -2.17. The van der Waals surface area contributed by atoms with E-state index in [1.165, 1.54) is 0 Å². The average Bonchev–Trinajstić information content (AvgIpc) is 3.03. The molecule has 5 nitrogen and oxygen atoms in total. The summed E-state index contributed by atoms with van der Waals surface area (Å²) in [6.07, 6.45) is 1.10. The highest BCUT2D eigenvalue weighted by Gasteiger charge is 2.25. The van der Waals surface area contributed by atoms with Gasteiger partial charge in [-0.1, -0.05) is 12.1 Å². The average molecular weight is 325 g/mol. The van der Waals surface area contributed by atoms with Gasteiger partial charge in [-0.25, -0.2) is 4.79 Å². The molecule has 2 aromatic rings. The van der Waals surface area contributed by atoms with Crippen LogP contribution in [0.4, 0.5) is 5.69 Å². The van der Waals surface area contributed by atoms with Gasteiger partial charge in [-0.15, -0.1) is 0 Å². The maximum atomic E-state index is 10.9. The van der Waals surface area contributed by atoms with Gasteiger partial charge in [-0.2, -0.15) is 0 Å². The summed E-state index contributed by atoms with van der Waals surface area (Å²) in [5.74, 6) is -0.427. The van der Waals surface area contributed by atoms with Gasteiger partial charge < -0.3 is 10.4 Å². The minimum Gasteiger partial charge on any atom is -0.478 e. The number of pyridine rings is 1. The lowest BCUT2D eigenvalue weighted by Crippen LogP contribution is -2.20. The van der Waals surface area contributed by atoms with E-state index in [1.807, 2.05) is 26.1 Å². The number of carboxylic acids is 1. The number of aryl methyl sites for hydroxylation is 1. The van der Waals surface area contributed by atoms with E-state index in [2.05, 4.69) is 22.3 Å². The molecule has 2 heterocycles. The lowest BCUT2D eigenvalue weighted by atomic mass is 10.0. The van der Waals surface area contributed by atoms with Crippen LogP contribution in [-0.4, -0.2) is 41.1 Å². The third-order valence-electron chi connectivity index (χ3n) is 4.56. The van der Waals surface area contributed by atoms with Crippen LogP contribution in [0.25, 0.3) is 0 Å². The van der Waals surface area contributed by atoms with Crippen molar-refractivity contribution in [3.8, 4) is 0 Å². The zero-order valence-corrected chi connectivity index (χ0v) is 14.1. The Kier molecular flexibility index (Phi) is 4.81. The van der Waals surface area contributed by atoms with Crippen LogP contribution in [0.5, 0.6) is 0 Å². The van der Waals surface area contributed by atoms with Crippen molar-refractivity contribution in [3.05, 3.63) is 58.9 Å². The zero-order chi connectivity index (χ0) is 17.1. The Hall–Kier alpha value is -2.40. The topological polar surface area (TPSA) is 65.5 Å². The van der Waals surface area contributed by atoms with Crippen LogP contribution in [-0.2, 0) is 6.54 Å². The summed E-state index contributed by atoms with van der Waals surface area (Å²) < 4.78 is 0. The van der Waals surface area contributed by atoms with Crippen molar-refractivity contribution in [3.63, 3.8) is 0 Å². The molecule has 0 bridgehead atoms. The van der Waals surface area contributed by atoms with Crippen molar-refractivity contribution in [2.45, 2.75) is 25.8 Å². The van der Waals surface area contributed by atoms with E-state index in [-0.39, 0.29) is 0 Å². The third-order valence-corrected chi connectivity index (χ3v) is 4.56. The van der Waals surface area contributed by atoms with Crippen molar-refractivity contribution in [2.24, 2.45) is 0 Å². The first-order valence-electron chi connectivity index (χ1n) is 8.26. The number of carboxylic acid groups (broad SMARTS) is 1. The third kappa shape index (κ3) is 3.74. The van der Waals surface area contributed by atoms with E-state index in [0.717, 1.165) is 48.7 Å². The molecule has 1 aromatic carbocycles. The number of hydrogen-bond donors (Lipinski definition) is 2. The highest BCUT2D eigenvalue weighted by atomic mass is 16.4. The second-order valence-corrected chi connectivity index (χ2v) is 6.39. The van der Waals surface area contributed by atoms with Gasteiger partial charge in [0, 0.05) is 43.1 Å². The van der Waals surface area contributed by atoms with Gasteiger partial charge in [0.1, 0.15) is 0 Å². The van der Waals surface area contributed by atoms with Crippen LogP contribution in [0.15, 0.2) is 36.4 Å². The van der Waals surface area contributed by atoms with E-state index in [1.54, 1.807) is 12.1 Å². The highest BCUT2D eigenvalue weighted by molar-refractivity contribution is 5.87. The first-order valence-corrected chi connectivity index (χ1v) is 8.26. The Morgan fingerprint density at radius 2 is 2.08 bits per heavy atom. The molecule has 0 spiro atoms. The fraction of sp³-hybridized carbons (Fsp3) is 0.368. The standard InChI is InChI=1S/C19H23N3O2/c1-13-9-17(20-2)10-18(21-13)16-7-8-22(12-16)11-14-3-5-15(6-4-14)19(23)24/h3-6,9-10,16H,7-8,11-12H2,1-2H3,(H,20,21)(H,23,24). The summed E-state index contributed by atoms with van der Waals surface area (Å²) >= 11 is 0. The summed E-state index contributed by atoms with van der Waals surface area (Å²) in [7, 11) is 1.93. The lowest BCUT2D eigenvalue weighted by molar-refractivity contribution is 0.0697. The molecule has 1 saturated heterocycles. The molecule has 3 rings (SSSR count). The zero-order valence-electron chi connectivity index (χ0n) is 14.1. The van der Waals surface area contributed by atoms with E-state index < -0.39 is 5.97 Å². The van der Waals surface area contributed by atoms with Gasteiger partial charge in [0.05, 0.1) is 5.56 Å². The Labute approximate surface area is 142 Å². The number of carbonyl (C=O) groups is 1. The summed E-state index contributed by atoms with van der Waals surface area (Å²) in [5.41, 5.74) is 4.79. The Bertz CT molecular complexity index is 728. The molecule has 24 heavy (non-hydrogen) atoms. The van der Waals surface area contributed by atoms with Gasteiger partial charge in [0.2, 0.25) is 0 Å². The molecule has 1 atom stereocenters. The van der Waals surface area contributed by atoms with Crippen molar-refractivity contribution in [1.29, 1.82) is 0 Å². The van der Waals surface area contributed by atoms with Crippen LogP contribution in [0, 0.1) is 6.92 Å². The Balaban J connectivity index is 1.65. The summed E-state index contributed by atoms with van der Waals surface area (Å²) in [4.78, 5) is 18.0. The largest absolute Gasteiger partial charge is 0.478 e. The number of benzene rings is 1. The monoisotopic (exact) mass is 325 g/mol. The molecule has 1 fully saturated rings. The molecule has 1 aliphatic rings. The van der Waals surface area contributed by atoms with Gasteiger partial charge in [0.25, 0.3) is 0 Å². The number of aromatic nitrogens is 1. The van der Waals surface area contributed by atoms with E-state index in [4.69, 9.17) is 10.1 Å². The quantitative estimate of drug-likeness (QED) is 0.884. The molecule has 5 heteroatoms. The van der Waals surface area contributed by atoms with Crippen molar-refractivity contribution in [2.75, 3.05) is 25.5 Å². The SMILES string of the molecule is CNc1cc(C)nc(C2CCN(Cc3ccc(C(=O)O)cc3)C2)c1. The van der Waals surface area contributed by atoms with Gasteiger partial charge in [-0.3, -0.25) is 9.88 Å². The second kappa shape index (κ2) is 7.01. The minimum absolute atomic E-state index is 0.335. The van der Waals surface area contributed by atoms with Crippen LogP contribution in [0.3, 0.4) is 0 Å². The van der Waals surface area contributed by atoms with Crippen LogP contribution >= 0.6 is 0 Å². The van der Waals surface area contributed by atoms with E-state index >= 15 is 0 Å². The molecule has 0 saturated carbocycles. The van der Waals surface area contributed by atoms with Crippen molar-refractivity contribution >= 4 is 11.7 Å². The molecule has 1 aromatic heterocycles. The molecule has 1 aliphatic heterocycles. The second-order valence-electron chi connectivity index (χ2n) is 6.39. The summed E-state index contributed by atoms with van der Waals surface area (Å²) in [6.45, 7) is 4.90. The van der Waals surface area contributed by atoms with Crippen molar-refractivity contribution < 1.29 is 9.90 Å². The molecule has 126 valence electrons. The number of nitrogens with zero attached hydrogens (tertiary/aromatic N) is 2. The smallest absolute Gasteiger partial charge is 0.335 e. The normalized spacial score (nSPS) is 17.8. The number of hydrogen-bond acceptors (Lipinski definition) is 4. The minimum atomic E-state index is -0.881. The van der Waals surface area contributed by atoms with E-state index in [9.17, 15) is 4.79 Å². The Morgan fingerprint density at radius 1 is 1.33 bits per heavy atom. The number of aromatic carboxylic acids is 1. The maximum Gasteiger partial charge on any atom is 0.335 e. The van der Waals surface area contributed by atoms with Crippen LogP contribution < -0.4 is 5.32 Å². The van der Waals surface area contributed by atoms with Gasteiger partial charge in [0.15, 0.2) is 0 Å². The predicted octanol–water partition coefficient (Wildman–Crippen LogP) is 3.12. The molecule has 0 amide bonds. The fourth-order valence-corrected chi connectivity index (χ4v) is 3.28. The van der Waals surface area contributed by atoms with Gasteiger partial charge in [-0.05, 0) is 49.7 Å². The van der Waals surface area contributed by atoms with E-state index in [0.29, 0.717) is 11.5 Å². The maximum absolute atomic E-state index is 10.9. The highest BCUT2D eigenvalue weighted by Crippen LogP contribution is 2.28. The molecular weight excluding hydrogens is 302 g/mol. The Morgan fingerprint density at radius 3 is 2.75 bits per heavy atom. The predicted molar refractivity (Wildman–Crippen MR) is 94.6 cm³/mol. The molecule has 0 aliphatic carbocycles. The molecule has 1 unspecified atom stereocenters. The first kappa shape index (κ1) is 16.5. The molecule has 2 N–H and O–H groups in total. The van der Waals surface area contributed by atoms with Crippen LogP contribution in [0.2, 0.25) is 0 Å². The van der Waals surface area contributed by atoms with Crippen molar-refractivity contribution in [1.82, 2.24) is 9.88 Å². The number of rotatable bonds is 5. The number of anilines is 1. The fourth-order valence-electron chi connectivity index (χ4n) is 3.28. The molecular formula is C19H23N3O2. The number of likely N-dealkylation sites (tertiary alicyclic amines) is 1.